The molecule has 2 heterocycles. The smallest absolute Gasteiger partial charge is 0.186 e. The van der Waals surface area contributed by atoms with Gasteiger partial charge in [0.15, 0.2) is 11.6 Å². The Balaban J connectivity index is 1.74. The molecule has 18 heavy (non-hydrogen) atoms. The number of anilines is 1. The molecule has 1 aromatic heterocycles. The molecule has 1 N–H and O–H groups in total. The lowest BCUT2D eigenvalue weighted by molar-refractivity contribution is 0.547. The Bertz CT molecular complexity index is 433. The third kappa shape index (κ3) is 2.32. The summed E-state index contributed by atoms with van der Waals surface area (Å²) >= 11 is 0. The minimum Gasteiger partial charge on any atom is -0.350 e. The molecular formula is C13H19FN4. The van der Waals surface area contributed by atoms with E-state index >= 15 is 0 Å². The Labute approximate surface area is 107 Å². The Kier molecular flexibility index (Phi) is 3.16. The zero-order chi connectivity index (χ0) is 12.5. The van der Waals surface area contributed by atoms with Gasteiger partial charge in [-0.3, -0.25) is 0 Å². The molecule has 4 nitrogen and oxygen atoms in total. The average molecular weight is 250 g/mol. The van der Waals surface area contributed by atoms with Crippen LogP contribution in [0.3, 0.4) is 0 Å². The van der Waals surface area contributed by atoms with E-state index in [0.717, 1.165) is 25.9 Å². The van der Waals surface area contributed by atoms with Gasteiger partial charge in [0, 0.05) is 25.2 Å². The molecule has 98 valence electrons. The van der Waals surface area contributed by atoms with Gasteiger partial charge in [-0.25, -0.2) is 14.4 Å². The molecule has 3 rings (SSSR count). The Morgan fingerprint density at radius 1 is 1.39 bits per heavy atom. The largest absolute Gasteiger partial charge is 0.350 e. The first kappa shape index (κ1) is 11.8. The van der Waals surface area contributed by atoms with Gasteiger partial charge >= 0.3 is 0 Å². The van der Waals surface area contributed by atoms with Crippen molar-refractivity contribution >= 4 is 5.82 Å². The standard InChI is InChI=1S/C13H19FN4/c1-9-12(14)13(17-8-16-9)18-6-2-3-11(18)7-15-10-4-5-10/h8,10-11,15H,2-7H2,1H3. The second-order valence-corrected chi connectivity index (χ2v) is 5.27. The molecule has 1 aliphatic carbocycles. The van der Waals surface area contributed by atoms with Crippen molar-refractivity contribution in [3.8, 4) is 0 Å². The molecule has 0 bridgehead atoms. The first-order valence-corrected chi connectivity index (χ1v) is 6.73. The molecule has 5 heteroatoms. The van der Waals surface area contributed by atoms with Crippen molar-refractivity contribution in [2.45, 2.75) is 44.7 Å². The van der Waals surface area contributed by atoms with E-state index in [1.54, 1.807) is 6.92 Å². The lowest BCUT2D eigenvalue weighted by Gasteiger charge is -2.26. The number of hydrogen-bond acceptors (Lipinski definition) is 4. The van der Waals surface area contributed by atoms with Crippen molar-refractivity contribution in [3.05, 3.63) is 17.8 Å². The highest BCUT2D eigenvalue weighted by atomic mass is 19.1. The third-order valence-electron chi connectivity index (χ3n) is 3.81. The molecule has 2 fully saturated rings. The summed E-state index contributed by atoms with van der Waals surface area (Å²) in [6.07, 6.45) is 6.25. The summed E-state index contributed by atoms with van der Waals surface area (Å²) in [4.78, 5) is 10.1. The van der Waals surface area contributed by atoms with Gasteiger partial charge in [0.1, 0.15) is 6.33 Å². The first-order chi connectivity index (χ1) is 8.75. The van der Waals surface area contributed by atoms with Crippen molar-refractivity contribution in [3.63, 3.8) is 0 Å². The Morgan fingerprint density at radius 3 is 3.00 bits per heavy atom. The molecule has 1 saturated heterocycles. The number of nitrogens with one attached hydrogen (secondary N) is 1. The molecule has 0 aromatic carbocycles. The van der Waals surface area contributed by atoms with Gasteiger partial charge in [0.05, 0.1) is 5.69 Å². The monoisotopic (exact) mass is 250 g/mol. The summed E-state index contributed by atoms with van der Waals surface area (Å²) in [5.41, 5.74) is 0.431. The lowest BCUT2D eigenvalue weighted by Crippen LogP contribution is -2.39. The van der Waals surface area contributed by atoms with Crippen molar-refractivity contribution in [1.82, 2.24) is 15.3 Å². The normalized spacial score (nSPS) is 23.7. The predicted octanol–water partition coefficient (Wildman–Crippen LogP) is 1.64. The highest BCUT2D eigenvalue weighted by Gasteiger charge is 2.30. The second kappa shape index (κ2) is 4.80. The van der Waals surface area contributed by atoms with Crippen LogP contribution in [-0.2, 0) is 0 Å². The van der Waals surface area contributed by atoms with Crippen molar-refractivity contribution in [1.29, 1.82) is 0 Å². The maximum absolute atomic E-state index is 14.1. The summed E-state index contributed by atoms with van der Waals surface area (Å²) in [6.45, 7) is 3.52. The number of halogens is 1. The van der Waals surface area contributed by atoms with Crippen molar-refractivity contribution in [2.24, 2.45) is 0 Å². The van der Waals surface area contributed by atoms with E-state index in [-0.39, 0.29) is 5.82 Å². The van der Waals surface area contributed by atoms with Crippen LogP contribution in [0.2, 0.25) is 0 Å². The van der Waals surface area contributed by atoms with E-state index in [1.807, 2.05) is 0 Å². The Morgan fingerprint density at radius 2 is 2.22 bits per heavy atom. The molecule has 0 spiro atoms. The zero-order valence-electron chi connectivity index (χ0n) is 10.7. The van der Waals surface area contributed by atoms with Crippen LogP contribution in [-0.4, -0.2) is 35.1 Å². The summed E-state index contributed by atoms with van der Waals surface area (Å²) in [6, 6.07) is 1.07. The highest BCUT2D eigenvalue weighted by Crippen LogP contribution is 2.27. The summed E-state index contributed by atoms with van der Waals surface area (Å²) in [5, 5.41) is 3.52. The minimum atomic E-state index is -0.268. The SMILES string of the molecule is Cc1ncnc(N2CCCC2CNC2CC2)c1F. The van der Waals surface area contributed by atoms with Gasteiger partial charge in [-0.1, -0.05) is 0 Å². The van der Waals surface area contributed by atoms with Crippen molar-refractivity contribution < 1.29 is 4.39 Å². The maximum atomic E-state index is 14.1. The number of aromatic nitrogens is 2. The van der Waals surface area contributed by atoms with Gasteiger partial charge < -0.3 is 10.2 Å². The quantitative estimate of drug-likeness (QED) is 0.882. The van der Waals surface area contributed by atoms with Crippen LogP contribution in [0.4, 0.5) is 10.2 Å². The highest BCUT2D eigenvalue weighted by molar-refractivity contribution is 5.43. The number of aryl methyl sites for hydroxylation is 1. The predicted molar refractivity (Wildman–Crippen MR) is 68.1 cm³/mol. The van der Waals surface area contributed by atoms with E-state index in [2.05, 4.69) is 20.2 Å². The van der Waals surface area contributed by atoms with Crippen LogP contribution >= 0.6 is 0 Å². The van der Waals surface area contributed by atoms with E-state index < -0.39 is 0 Å². The average Bonchev–Trinajstić information content (AvgIpc) is 3.08. The first-order valence-electron chi connectivity index (χ1n) is 6.73. The summed E-state index contributed by atoms with van der Waals surface area (Å²) < 4.78 is 14.1. The van der Waals surface area contributed by atoms with E-state index in [9.17, 15) is 4.39 Å². The number of rotatable bonds is 4. The molecule has 0 radical (unpaired) electrons. The summed E-state index contributed by atoms with van der Waals surface area (Å²) in [7, 11) is 0. The maximum Gasteiger partial charge on any atom is 0.186 e. The van der Waals surface area contributed by atoms with Crippen LogP contribution < -0.4 is 10.2 Å². The molecule has 1 aliphatic heterocycles. The molecule has 1 aromatic rings. The van der Waals surface area contributed by atoms with Gasteiger partial charge in [-0.15, -0.1) is 0 Å². The number of nitrogens with zero attached hydrogens (tertiary/aromatic N) is 3. The van der Waals surface area contributed by atoms with Gasteiger partial charge in [-0.05, 0) is 32.6 Å². The van der Waals surface area contributed by atoms with Gasteiger partial charge in [0.25, 0.3) is 0 Å². The molecule has 1 unspecified atom stereocenters. The van der Waals surface area contributed by atoms with Crippen LogP contribution in [0.25, 0.3) is 0 Å². The molecule has 0 amide bonds. The number of hydrogen-bond donors (Lipinski definition) is 1. The third-order valence-corrected chi connectivity index (χ3v) is 3.81. The van der Waals surface area contributed by atoms with Crippen LogP contribution in [0.15, 0.2) is 6.33 Å². The van der Waals surface area contributed by atoms with E-state index in [4.69, 9.17) is 0 Å². The summed E-state index contributed by atoms with van der Waals surface area (Å²) in [5.74, 6) is 0.207. The van der Waals surface area contributed by atoms with Crippen LogP contribution in [0, 0.1) is 12.7 Å². The van der Waals surface area contributed by atoms with E-state index in [0.29, 0.717) is 23.6 Å². The fourth-order valence-corrected chi connectivity index (χ4v) is 2.56. The van der Waals surface area contributed by atoms with Crippen LogP contribution in [0.1, 0.15) is 31.4 Å². The zero-order valence-corrected chi connectivity index (χ0v) is 10.7. The van der Waals surface area contributed by atoms with Gasteiger partial charge in [-0.2, -0.15) is 0 Å². The second-order valence-electron chi connectivity index (χ2n) is 5.27. The minimum absolute atomic E-state index is 0.268. The molecular weight excluding hydrogens is 231 g/mol. The fourth-order valence-electron chi connectivity index (χ4n) is 2.56. The van der Waals surface area contributed by atoms with Crippen molar-refractivity contribution in [2.75, 3.05) is 18.0 Å². The molecule has 2 aliphatic rings. The van der Waals surface area contributed by atoms with Crippen LogP contribution in [0.5, 0.6) is 0 Å². The topological polar surface area (TPSA) is 41.1 Å². The van der Waals surface area contributed by atoms with Gasteiger partial charge in [0.2, 0.25) is 0 Å². The van der Waals surface area contributed by atoms with E-state index in [1.165, 1.54) is 19.2 Å². The molecule has 1 saturated carbocycles. The Hall–Kier alpha value is -1.23. The fraction of sp³-hybridized carbons (Fsp3) is 0.692. The molecule has 1 atom stereocenters. The lowest BCUT2D eigenvalue weighted by atomic mass is 10.2.